The van der Waals surface area contributed by atoms with Crippen molar-refractivity contribution in [2.24, 2.45) is 0 Å². The largest absolute Gasteiger partial charge is 0.356 e. The molecule has 0 bridgehead atoms. The van der Waals surface area contributed by atoms with Crippen molar-refractivity contribution in [1.82, 2.24) is 0 Å². The molecule has 0 aliphatic heterocycles. The summed E-state index contributed by atoms with van der Waals surface area (Å²) in [6.07, 6.45) is 0. The van der Waals surface area contributed by atoms with Gasteiger partial charge in [0.05, 0.1) is 0 Å². The van der Waals surface area contributed by atoms with Crippen LogP contribution in [0, 0.1) is 0 Å². The fraction of sp³-hybridized carbons (Fsp3) is 0.118. The van der Waals surface area contributed by atoms with E-state index in [2.05, 4.69) is 158 Å². The van der Waals surface area contributed by atoms with E-state index in [1.165, 1.54) is 22.3 Å². The summed E-state index contributed by atoms with van der Waals surface area (Å²) in [5.41, 5.74) is 9.60. The zero-order chi connectivity index (χ0) is 24.7. The molecule has 0 aromatic heterocycles. The van der Waals surface area contributed by atoms with Crippen molar-refractivity contribution < 1.29 is 0 Å². The van der Waals surface area contributed by atoms with E-state index in [4.69, 9.17) is 0 Å². The van der Waals surface area contributed by atoms with Crippen molar-refractivity contribution in [2.45, 2.75) is 25.7 Å². The number of anilines is 4. The quantitative estimate of drug-likeness (QED) is 0.237. The van der Waals surface area contributed by atoms with Crippen LogP contribution in [-0.2, 0) is 0 Å². The summed E-state index contributed by atoms with van der Waals surface area (Å²) in [6, 6.07) is 47.1. The molecule has 0 saturated heterocycles. The summed E-state index contributed by atoms with van der Waals surface area (Å²) in [5.74, 6) is 0.752. The van der Waals surface area contributed by atoms with Crippen LogP contribution in [-0.4, -0.2) is 0 Å². The van der Waals surface area contributed by atoms with E-state index in [1.54, 1.807) is 0 Å². The molecule has 0 amide bonds. The number of hydrogen-bond acceptors (Lipinski definition) is 2. The molecule has 0 radical (unpaired) electrons. The lowest BCUT2D eigenvalue weighted by Crippen LogP contribution is -1.97. The molecule has 36 heavy (non-hydrogen) atoms. The molecule has 0 aliphatic rings. The fourth-order valence-corrected chi connectivity index (χ4v) is 4.55. The second kappa shape index (κ2) is 11.0. The van der Waals surface area contributed by atoms with Gasteiger partial charge >= 0.3 is 0 Å². The molecule has 0 fully saturated rings. The average Bonchev–Trinajstić information content (AvgIpc) is 2.95. The first-order valence-electron chi connectivity index (χ1n) is 12.6. The van der Waals surface area contributed by atoms with Crippen LogP contribution in [0.25, 0.3) is 0 Å². The zero-order valence-electron chi connectivity index (χ0n) is 20.9. The van der Waals surface area contributed by atoms with E-state index >= 15 is 0 Å². The van der Waals surface area contributed by atoms with Gasteiger partial charge in [-0.15, -0.1) is 0 Å². The van der Waals surface area contributed by atoms with Crippen molar-refractivity contribution in [3.05, 3.63) is 156 Å². The summed E-state index contributed by atoms with van der Waals surface area (Å²) in [6.45, 7) is 4.50. The fourth-order valence-electron chi connectivity index (χ4n) is 4.55. The second-order valence-corrected chi connectivity index (χ2v) is 9.34. The van der Waals surface area contributed by atoms with Gasteiger partial charge in [0, 0.05) is 34.6 Å². The maximum absolute atomic E-state index is 3.51. The SMILES string of the molecule is CC(c1ccccc1)c1ccc(Nc2ccc(Nc3ccc(C(C)c4ccccc4)cc3)cc2)cc1. The van der Waals surface area contributed by atoms with E-state index in [0.29, 0.717) is 11.8 Å². The maximum Gasteiger partial charge on any atom is 0.0385 e. The smallest absolute Gasteiger partial charge is 0.0385 e. The molecule has 5 rings (SSSR count). The van der Waals surface area contributed by atoms with Gasteiger partial charge < -0.3 is 10.6 Å². The molecule has 178 valence electrons. The van der Waals surface area contributed by atoms with E-state index in [9.17, 15) is 0 Å². The van der Waals surface area contributed by atoms with Crippen molar-refractivity contribution >= 4 is 22.7 Å². The van der Waals surface area contributed by atoms with Crippen LogP contribution in [0.5, 0.6) is 0 Å². The minimum Gasteiger partial charge on any atom is -0.356 e. The van der Waals surface area contributed by atoms with Crippen molar-refractivity contribution in [1.29, 1.82) is 0 Å². The first-order chi connectivity index (χ1) is 17.7. The van der Waals surface area contributed by atoms with E-state index < -0.39 is 0 Å². The molecule has 0 saturated carbocycles. The Labute approximate surface area is 214 Å². The highest BCUT2D eigenvalue weighted by molar-refractivity contribution is 5.66. The van der Waals surface area contributed by atoms with Crippen molar-refractivity contribution in [3.63, 3.8) is 0 Å². The lowest BCUT2D eigenvalue weighted by molar-refractivity contribution is 0.923. The lowest BCUT2D eigenvalue weighted by atomic mass is 9.93. The van der Waals surface area contributed by atoms with Gasteiger partial charge in [-0.25, -0.2) is 0 Å². The van der Waals surface area contributed by atoms with Gasteiger partial charge in [0.2, 0.25) is 0 Å². The highest BCUT2D eigenvalue weighted by atomic mass is 14.9. The van der Waals surface area contributed by atoms with Gasteiger partial charge in [-0.1, -0.05) is 98.8 Å². The van der Waals surface area contributed by atoms with Crippen LogP contribution < -0.4 is 10.6 Å². The highest BCUT2D eigenvalue weighted by Crippen LogP contribution is 2.28. The van der Waals surface area contributed by atoms with Crippen LogP contribution in [0.15, 0.2) is 133 Å². The molecule has 2 heteroatoms. The normalized spacial score (nSPS) is 12.5. The minimum atomic E-state index is 0.376. The first-order valence-corrected chi connectivity index (χ1v) is 12.6. The predicted octanol–water partition coefficient (Wildman–Crippen LogP) is 9.48. The minimum absolute atomic E-state index is 0.376. The Bertz CT molecular complexity index is 1250. The lowest BCUT2D eigenvalue weighted by Gasteiger charge is -2.14. The van der Waals surface area contributed by atoms with Crippen LogP contribution >= 0.6 is 0 Å². The third-order valence-electron chi connectivity index (χ3n) is 6.88. The third-order valence-corrected chi connectivity index (χ3v) is 6.88. The molecule has 0 spiro atoms. The molecular formula is C34H32N2. The van der Waals surface area contributed by atoms with E-state index in [-0.39, 0.29) is 0 Å². The van der Waals surface area contributed by atoms with Gasteiger partial charge in [-0.05, 0) is 70.8 Å². The Kier molecular flexibility index (Phi) is 7.14. The van der Waals surface area contributed by atoms with Gasteiger partial charge in [-0.2, -0.15) is 0 Å². The summed E-state index contributed by atoms with van der Waals surface area (Å²) >= 11 is 0. The predicted molar refractivity (Wildman–Crippen MR) is 154 cm³/mol. The summed E-state index contributed by atoms with van der Waals surface area (Å²) in [7, 11) is 0. The van der Waals surface area contributed by atoms with Gasteiger partial charge in [0.15, 0.2) is 0 Å². The monoisotopic (exact) mass is 468 g/mol. The Hall–Kier alpha value is -4.30. The number of nitrogens with one attached hydrogen (secondary N) is 2. The maximum atomic E-state index is 3.51. The van der Waals surface area contributed by atoms with Crippen molar-refractivity contribution in [3.8, 4) is 0 Å². The number of hydrogen-bond donors (Lipinski definition) is 2. The molecule has 0 heterocycles. The first kappa shape index (κ1) is 23.4. The Balaban J connectivity index is 1.18. The summed E-state index contributed by atoms with van der Waals surface area (Å²) in [5, 5.41) is 7.02. The zero-order valence-corrected chi connectivity index (χ0v) is 20.9. The molecule has 5 aromatic rings. The topological polar surface area (TPSA) is 24.1 Å². The Morgan fingerprint density at radius 2 is 0.583 bits per heavy atom. The van der Waals surface area contributed by atoms with Crippen LogP contribution in [0.4, 0.5) is 22.7 Å². The molecule has 2 nitrogen and oxygen atoms in total. The summed E-state index contributed by atoms with van der Waals surface area (Å²) in [4.78, 5) is 0. The van der Waals surface area contributed by atoms with E-state index in [0.717, 1.165) is 22.7 Å². The summed E-state index contributed by atoms with van der Waals surface area (Å²) < 4.78 is 0. The molecule has 2 atom stereocenters. The Morgan fingerprint density at radius 3 is 0.889 bits per heavy atom. The standard InChI is InChI=1S/C34H32N2/c1-25(27-9-5-3-6-10-27)29-13-17-31(18-14-29)35-33-21-23-34(24-22-33)36-32-19-15-30(16-20-32)26(2)28-11-7-4-8-12-28/h3-26,35-36H,1-2H3. The average molecular weight is 469 g/mol. The highest BCUT2D eigenvalue weighted by Gasteiger charge is 2.09. The number of rotatable bonds is 8. The molecular weight excluding hydrogens is 436 g/mol. The Morgan fingerprint density at radius 1 is 0.333 bits per heavy atom. The molecule has 2 N–H and O–H groups in total. The third kappa shape index (κ3) is 5.67. The van der Waals surface area contributed by atoms with Gasteiger partial charge in [0.25, 0.3) is 0 Å². The second-order valence-electron chi connectivity index (χ2n) is 9.34. The molecule has 0 aliphatic carbocycles. The number of benzene rings is 5. The van der Waals surface area contributed by atoms with Crippen molar-refractivity contribution in [2.75, 3.05) is 10.6 Å². The molecule has 2 unspecified atom stereocenters. The van der Waals surface area contributed by atoms with Crippen LogP contribution in [0.1, 0.15) is 47.9 Å². The van der Waals surface area contributed by atoms with Gasteiger partial charge in [-0.3, -0.25) is 0 Å². The van der Waals surface area contributed by atoms with E-state index in [1.807, 2.05) is 0 Å². The van der Waals surface area contributed by atoms with Crippen LogP contribution in [0.2, 0.25) is 0 Å². The van der Waals surface area contributed by atoms with Gasteiger partial charge in [0.1, 0.15) is 0 Å². The van der Waals surface area contributed by atoms with Crippen LogP contribution in [0.3, 0.4) is 0 Å². The molecule has 5 aromatic carbocycles.